The van der Waals surface area contributed by atoms with Crippen LogP contribution in [0.2, 0.25) is 0 Å². The van der Waals surface area contributed by atoms with Crippen molar-refractivity contribution in [2.75, 3.05) is 31.7 Å². The van der Waals surface area contributed by atoms with E-state index in [1.807, 2.05) is 24.3 Å². The normalized spacial score (nSPS) is 25.9. The van der Waals surface area contributed by atoms with E-state index in [2.05, 4.69) is 26.6 Å². The standard InChI is InChI=1S/C45H61N7O10S2/c1-27(2)36-42(58)52-22-14-20-35(52)41(57)51-21-13-19-34(51)40(56)47-31(24-29-17-11-8-12-18-29)37(53)46-30(23-28-15-9-7-10-16-28)38(54)48-33(43(59)61-6)26-64-63-25-32(39(55)50-36)49-44(60)62-45(3,4)5/h7-12,15-18,27,30-36H,13-14,19-26H2,1-6H3,(H,46,53)(H,47,56)(H,48,54)(H,49,60)(H,50,55)/t30-,31?,32?,33-,34-,35-,36-/m0/s1. The molecule has 64 heavy (non-hydrogen) atoms. The van der Waals surface area contributed by atoms with Gasteiger partial charge in [-0.3, -0.25) is 28.8 Å². The van der Waals surface area contributed by atoms with E-state index < -0.39 is 101 Å². The van der Waals surface area contributed by atoms with Crippen molar-refractivity contribution >= 4 is 69.1 Å². The number of hydrogen-bond acceptors (Lipinski definition) is 12. The SMILES string of the molecule is COC(=O)[C@@H]1CSSCC(NC(=O)OC(C)(C)C)C(=O)N[C@@H](C(C)C)C(=O)N2CCC[C@H]2C(=O)N2CCC[C@H]2C(=O)NC(Cc2ccccc2)C(=O)N[C@@H](Cc2ccccc2)C(=O)N1. The summed E-state index contributed by atoms with van der Waals surface area (Å²) < 4.78 is 10.5. The minimum atomic E-state index is -1.22. The molecule has 2 unspecified atom stereocenters. The predicted octanol–water partition coefficient (Wildman–Crippen LogP) is 2.51. The third-order valence-corrected chi connectivity index (χ3v) is 13.5. The zero-order chi connectivity index (χ0) is 46.6. The number of hydrogen-bond donors (Lipinski definition) is 5. The van der Waals surface area contributed by atoms with Crippen LogP contribution < -0.4 is 26.6 Å². The lowest BCUT2D eigenvalue weighted by molar-refractivity contribution is -0.148. The number of fused-ring (bicyclic) bond motifs is 2. The van der Waals surface area contributed by atoms with E-state index in [0.717, 1.165) is 27.2 Å². The lowest BCUT2D eigenvalue weighted by Gasteiger charge is -2.34. The Bertz CT molecular complexity index is 1990. The number of esters is 1. The van der Waals surface area contributed by atoms with E-state index in [1.165, 1.54) is 16.9 Å². The molecule has 7 atom stereocenters. The van der Waals surface area contributed by atoms with Gasteiger partial charge in [0.1, 0.15) is 47.9 Å². The van der Waals surface area contributed by atoms with Crippen LogP contribution >= 0.6 is 21.6 Å². The van der Waals surface area contributed by atoms with Gasteiger partial charge in [0.25, 0.3) is 0 Å². The molecular weight excluding hydrogens is 863 g/mol. The molecule has 348 valence electrons. The van der Waals surface area contributed by atoms with Gasteiger partial charge in [-0.2, -0.15) is 0 Å². The molecule has 5 N–H and O–H groups in total. The lowest BCUT2D eigenvalue weighted by atomic mass is 10.0. The predicted molar refractivity (Wildman–Crippen MR) is 242 cm³/mol. The van der Waals surface area contributed by atoms with E-state index in [4.69, 9.17) is 9.47 Å². The first kappa shape index (κ1) is 49.7. The van der Waals surface area contributed by atoms with Crippen LogP contribution in [0.1, 0.15) is 71.4 Å². The number of benzene rings is 2. The van der Waals surface area contributed by atoms with E-state index >= 15 is 0 Å². The fourth-order valence-corrected chi connectivity index (χ4v) is 10.1. The number of ether oxygens (including phenoxy) is 2. The highest BCUT2D eigenvalue weighted by Crippen LogP contribution is 2.28. The highest BCUT2D eigenvalue weighted by molar-refractivity contribution is 8.76. The summed E-state index contributed by atoms with van der Waals surface area (Å²) in [6, 6.07) is 10.3. The van der Waals surface area contributed by atoms with Crippen LogP contribution in [-0.2, 0) is 55.9 Å². The molecule has 0 radical (unpaired) electrons. The van der Waals surface area contributed by atoms with Crippen LogP contribution in [0.3, 0.4) is 0 Å². The van der Waals surface area contributed by atoms with Gasteiger partial charge in [-0.05, 0) is 63.5 Å². The largest absolute Gasteiger partial charge is 0.467 e. The molecule has 2 aromatic rings. The zero-order valence-corrected chi connectivity index (χ0v) is 38.9. The van der Waals surface area contributed by atoms with E-state index in [9.17, 15) is 38.4 Å². The van der Waals surface area contributed by atoms with Crippen LogP contribution in [0.25, 0.3) is 0 Å². The van der Waals surface area contributed by atoms with Crippen molar-refractivity contribution in [3.8, 4) is 0 Å². The maximum absolute atomic E-state index is 14.4. The highest BCUT2D eigenvalue weighted by Gasteiger charge is 2.45. The first-order valence-corrected chi connectivity index (χ1v) is 24.2. The molecular formula is C45H61N7O10S2. The third-order valence-electron chi connectivity index (χ3n) is 11.1. The van der Waals surface area contributed by atoms with Crippen molar-refractivity contribution in [3.63, 3.8) is 0 Å². The summed E-state index contributed by atoms with van der Waals surface area (Å²) in [5.74, 6) is -4.75. The Morgan fingerprint density at radius 2 is 1.22 bits per heavy atom. The van der Waals surface area contributed by atoms with Gasteiger partial charge in [0, 0.05) is 37.4 Å². The lowest BCUT2D eigenvalue weighted by Crippen LogP contribution is -2.60. The topological polar surface area (TPSA) is 222 Å². The van der Waals surface area contributed by atoms with Crippen LogP contribution in [0, 0.1) is 5.92 Å². The van der Waals surface area contributed by atoms with Crippen molar-refractivity contribution in [3.05, 3.63) is 71.8 Å². The summed E-state index contributed by atoms with van der Waals surface area (Å²) in [4.78, 5) is 115. The van der Waals surface area contributed by atoms with Gasteiger partial charge in [0.05, 0.1) is 7.11 Å². The van der Waals surface area contributed by atoms with Gasteiger partial charge >= 0.3 is 12.1 Å². The van der Waals surface area contributed by atoms with Crippen LogP contribution in [0.15, 0.2) is 60.7 Å². The molecule has 19 heteroatoms. The van der Waals surface area contributed by atoms with E-state index in [0.29, 0.717) is 31.2 Å². The zero-order valence-electron chi connectivity index (χ0n) is 37.3. The van der Waals surface area contributed by atoms with Crippen LogP contribution in [0.5, 0.6) is 0 Å². The molecule has 0 saturated carbocycles. The third kappa shape index (κ3) is 13.8. The second-order valence-corrected chi connectivity index (χ2v) is 20.0. The van der Waals surface area contributed by atoms with Crippen molar-refractivity contribution in [2.24, 2.45) is 5.92 Å². The van der Waals surface area contributed by atoms with Gasteiger partial charge < -0.3 is 45.9 Å². The van der Waals surface area contributed by atoms with Crippen molar-refractivity contribution in [1.29, 1.82) is 0 Å². The van der Waals surface area contributed by atoms with Gasteiger partial charge in [-0.25, -0.2) is 9.59 Å². The Morgan fingerprint density at radius 3 is 1.77 bits per heavy atom. The highest BCUT2D eigenvalue weighted by atomic mass is 33.1. The number of nitrogens with zero attached hydrogens (tertiary/aromatic N) is 2. The van der Waals surface area contributed by atoms with Crippen LogP contribution in [0.4, 0.5) is 4.79 Å². The number of rotatable bonds is 7. The van der Waals surface area contributed by atoms with Gasteiger partial charge in [0.15, 0.2) is 0 Å². The number of carbonyl (C=O) groups is 8. The first-order chi connectivity index (χ1) is 30.4. The Balaban J connectivity index is 1.52. The minimum Gasteiger partial charge on any atom is -0.467 e. The maximum atomic E-state index is 14.4. The molecule has 2 aromatic carbocycles. The molecule has 3 heterocycles. The minimum absolute atomic E-state index is 0.0339. The Hall–Kier alpha value is -5.30. The molecule has 17 nitrogen and oxygen atoms in total. The number of methoxy groups -OCH3 is 1. The molecule has 0 aliphatic carbocycles. The monoisotopic (exact) mass is 923 g/mol. The molecule has 3 saturated heterocycles. The maximum Gasteiger partial charge on any atom is 0.408 e. The number of nitrogens with one attached hydrogen (secondary N) is 5. The van der Waals surface area contributed by atoms with Gasteiger partial charge in [-0.1, -0.05) is 96.1 Å². The Labute approximate surface area is 382 Å². The molecule has 7 amide bonds. The summed E-state index contributed by atoms with van der Waals surface area (Å²) in [5.41, 5.74) is 0.561. The second-order valence-electron chi connectivity index (χ2n) is 17.5. The summed E-state index contributed by atoms with van der Waals surface area (Å²) in [6.45, 7) is 9.06. The molecule has 5 rings (SSSR count). The average Bonchev–Trinajstić information content (AvgIpc) is 3.96. The number of amides is 7. The Morgan fingerprint density at radius 1 is 0.703 bits per heavy atom. The van der Waals surface area contributed by atoms with E-state index in [1.54, 1.807) is 71.0 Å². The molecule has 0 aromatic heterocycles. The number of alkyl carbamates (subject to hydrolysis) is 1. The second kappa shape index (κ2) is 23.1. The van der Waals surface area contributed by atoms with Crippen molar-refractivity contribution < 1.29 is 47.8 Å². The molecule has 3 aliphatic rings. The summed E-state index contributed by atoms with van der Waals surface area (Å²) >= 11 is 0. The van der Waals surface area contributed by atoms with Crippen molar-refractivity contribution in [1.82, 2.24) is 36.4 Å². The molecule has 3 aliphatic heterocycles. The quantitative estimate of drug-likeness (QED) is 0.200. The first-order valence-electron chi connectivity index (χ1n) is 21.7. The molecule has 0 spiro atoms. The Kier molecular flexibility index (Phi) is 17.9. The summed E-state index contributed by atoms with van der Waals surface area (Å²) in [6.07, 6.45) is 0.926. The average molecular weight is 924 g/mol. The smallest absolute Gasteiger partial charge is 0.408 e. The fraction of sp³-hybridized carbons (Fsp3) is 0.556. The van der Waals surface area contributed by atoms with Gasteiger partial charge in [-0.15, -0.1) is 0 Å². The number of carbonyl (C=O) groups excluding carboxylic acids is 8. The van der Waals surface area contributed by atoms with Crippen molar-refractivity contribution in [2.45, 2.75) is 121 Å². The summed E-state index contributed by atoms with van der Waals surface area (Å²) in [7, 11) is 3.43. The summed E-state index contributed by atoms with van der Waals surface area (Å²) in [5, 5.41) is 13.9. The van der Waals surface area contributed by atoms with E-state index in [-0.39, 0.29) is 37.4 Å². The fourth-order valence-electron chi connectivity index (χ4n) is 7.83. The molecule has 0 bridgehead atoms. The van der Waals surface area contributed by atoms with Gasteiger partial charge in [0.2, 0.25) is 35.4 Å². The van der Waals surface area contributed by atoms with Crippen LogP contribution in [-0.4, -0.2) is 137 Å². The molecule has 3 fully saturated rings.